The summed E-state index contributed by atoms with van der Waals surface area (Å²) in [5, 5.41) is 2.75. The fourth-order valence-corrected chi connectivity index (χ4v) is 1.22. The molecule has 0 aromatic heterocycles. The molecule has 0 aliphatic carbocycles. The molecule has 0 spiro atoms. The van der Waals surface area contributed by atoms with Crippen molar-refractivity contribution in [3.63, 3.8) is 0 Å². The van der Waals surface area contributed by atoms with Crippen LogP contribution in [0.4, 0.5) is 0 Å². The van der Waals surface area contributed by atoms with Crippen molar-refractivity contribution in [2.45, 2.75) is 13.0 Å². The highest BCUT2D eigenvalue weighted by atomic mass is 16.5. The molecule has 0 bridgehead atoms. The first-order chi connectivity index (χ1) is 5.74. The molecular formula is C8H16N2O2. The number of nitrogens with one attached hydrogen (secondary N) is 1. The molecule has 1 aliphatic rings. The summed E-state index contributed by atoms with van der Waals surface area (Å²) >= 11 is 0. The summed E-state index contributed by atoms with van der Waals surface area (Å²) in [5.41, 5.74) is 0. The minimum Gasteiger partial charge on any atom is -0.366 e. The van der Waals surface area contributed by atoms with Crippen LogP contribution in [0.5, 0.6) is 0 Å². The van der Waals surface area contributed by atoms with E-state index in [1.165, 1.54) is 0 Å². The Bertz CT molecular complexity index is 161. The summed E-state index contributed by atoms with van der Waals surface area (Å²) in [4.78, 5) is 13.4. The van der Waals surface area contributed by atoms with Crippen LogP contribution in [-0.4, -0.2) is 50.2 Å². The SMILES string of the molecule is CCNC(=O)C1CN(C)CCO1. The van der Waals surface area contributed by atoms with Gasteiger partial charge in [-0.3, -0.25) is 4.79 Å². The highest BCUT2D eigenvalue weighted by Crippen LogP contribution is 2.02. The van der Waals surface area contributed by atoms with Gasteiger partial charge in [0.15, 0.2) is 0 Å². The van der Waals surface area contributed by atoms with Crippen LogP contribution in [-0.2, 0) is 9.53 Å². The van der Waals surface area contributed by atoms with Gasteiger partial charge in [0.1, 0.15) is 6.10 Å². The lowest BCUT2D eigenvalue weighted by Crippen LogP contribution is -2.48. The second-order valence-electron chi connectivity index (χ2n) is 3.02. The Hall–Kier alpha value is -0.610. The highest BCUT2D eigenvalue weighted by Gasteiger charge is 2.23. The van der Waals surface area contributed by atoms with Crippen molar-refractivity contribution in [1.82, 2.24) is 10.2 Å². The summed E-state index contributed by atoms with van der Waals surface area (Å²) in [6.45, 7) is 4.84. The maximum absolute atomic E-state index is 11.3. The van der Waals surface area contributed by atoms with E-state index in [-0.39, 0.29) is 12.0 Å². The van der Waals surface area contributed by atoms with Crippen LogP contribution in [0.3, 0.4) is 0 Å². The fourth-order valence-electron chi connectivity index (χ4n) is 1.22. The lowest BCUT2D eigenvalue weighted by atomic mass is 10.2. The minimum absolute atomic E-state index is 0.00375. The molecule has 1 N–H and O–H groups in total. The van der Waals surface area contributed by atoms with Gasteiger partial charge in [0.25, 0.3) is 0 Å². The number of likely N-dealkylation sites (N-methyl/N-ethyl adjacent to an activating group) is 2. The third-order valence-electron chi connectivity index (χ3n) is 1.91. The van der Waals surface area contributed by atoms with Crippen molar-refractivity contribution in [3.8, 4) is 0 Å². The van der Waals surface area contributed by atoms with Crippen molar-refractivity contribution in [2.75, 3.05) is 33.3 Å². The molecule has 1 unspecified atom stereocenters. The molecule has 1 atom stereocenters. The maximum atomic E-state index is 11.3. The number of ether oxygens (including phenoxy) is 1. The predicted octanol–water partition coefficient (Wildman–Crippen LogP) is -0.547. The Morgan fingerprint density at radius 3 is 3.08 bits per heavy atom. The molecule has 0 aromatic carbocycles. The van der Waals surface area contributed by atoms with Gasteiger partial charge >= 0.3 is 0 Å². The molecular weight excluding hydrogens is 156 g/mol. The van der Waals surface area contributed by atoms with Gasteiger partial charge in [-0.15, -0.1) is 0 Å². The first kappa shape index (κ1) is 9.48. The van der Waals surface area contributed by atoms with Crippen LogP contribution < -0.4 is 5.32 Å². The average molecular weight is 172 g/mol. The Labute approximate surface area is 72.9 Å². The fraction of sp³-hybridized carbons (Fsp3) is 0.875. The Balaban J connectivity index is 2.35. The lowest BCUT2D eigenvalue weighted by molar-refractivity contribution is -0.137. The van der Waals surface area contributed by atoms with E-state index in [1.807, 2.05) is 14.0 Å². The van der Waals surface area contributed by atoms with E-state index in [0.29, 0.717) is 19.7 Å². The van der Waals surface area contributed by atoms with Crippen LogP contribution in [0.15, 0.2) is 0 Å². The zero-order chi connectivity index (χ0) is 8.97. The molecule has 4 heteroatoms. The minimum atomic E-state index is -0.274. The number of hydrogen-bond acceptors (Lipinski definition) is 3. The van der Waals surface area contributed by atoms with Crippen LogP contribution in [0.2, 0.25) is 0 Å². The van der Waals surface area contributed by atoms with Crippen molar-refractivity contribution < 1.29 is 9.53 Å². The van der Waals surface area contributed by atoms with Gasteiger partial charge in [-0.2, -0.15) is 0 Å². The van der Waals surface area contributed by atoms with E-state index in [0.717, 1.165) is 6.54 Å². The van der Waals surface area contributed by atoms with Crippen molar-refractivity contribution in [1.29, 1.82) is 0 Å². The van der Waals surface area contributed by atoms with Gasteiger partial charge in [-0.25, -0.2) is 0 Å². The van der Waals surface area contributed by atoms with E-state index in [2.05, 4.69) is 10.2 Å². The van der Waals surface area contributed by atoms with Gasteiger partial charge < -0.3 is 15.0 Å². The molecule has 1 aliphatic heterocycles. The zero-order valence-corrected chi connectivity index (χ0v) is 7.67. The Morgan fingerprint density at radius 1 is 1.75 bits per heavy atom. The zero-order valence-electron chi connectivity index (χ0n) is 7.67. The van der Waals surface area contributed by atoms with Crippen molar-refractivity contribution >= 4 is 5.91 Å². The van der Waals surface area contributed by atoms with Crippen LogP contribution in [0.1, 0.15) is 6.92 Å². The number of nitrogens with zero attached hydrogens (tertiary/aromatic N) is 1. The molecule has 70 valence electrons. The number of carbonyl (C=O) groups excluding carboxylic acids is 1. The first-order valence-corrected chi connectivity index (χ1v) is 4.32. The molecule has 1 fully saturated rings. The third-order valence-corrected chi connectivity index (χ3v) is 1.91. The highest BCUT2D eigenvalue weighted by molar-refractivity contribution is 5.81. The van der Waals surface area contributed by atoms with E-state index >= 15 is 0 Å². The molecule has 12 heavy (non-hydrogen) atoms. The summed E-state index contributed by atoms with van der Waals surface area (Å²) in [5.74, 6) is 0.00375. The molecule has 0 radical (unpaired) electrons. The molecule has 1 heterocycles. The predicted molar refractivity (Wildman–Crippen MR) is 45.9 cm³/mol. The van der Waals surface area contributed by atoms with Gasteiger partial charge in [-0.05, 0) is 14.0 Å². The summed E-state index contributed by atoms with van der Waals surface area (Å²) in [7, 11) is 1.99. The molecule has 4 nitrogen and oxygen atoms in total. The van der Waals surface area contributed by atoms with E-state index in [4.69, 9.17) is 4.74 Å². The van der Waals surface area contributed by atoms with Gasteiger partial charge in [0.2, 0.25) is 5.91 Å². The topological polar surface area (TPSA) is 41.6 Å². The second-order valence-corrected chi connectivity index (χ2v) is 3.02. The van der Waals surface area contributed by atoms with E-state index in [9.17, 15) is 4.79 Å². The van der Waals surface area contributed by atoms with Gasteiger partial charge in [0.05, 0.1) is 6.61 Å². The number of morpholine rings is 1. The summed E-state index contributed by atoms with van der Waals surface area (Å²) in [6, 6.07) is 0. The first-order valence-electron chi connectivity index (χ1n) is 4.32. The largest absolute Gasteiger partial charge is 0.366 e. The Kier molecular flexibility index (Phi) is 3.49. The van der Waals surface area contributed by atoms with Gasteiger partial charge in [-0.1, -0.05) is 0 Å². The van der Waals surface area contributed by atoms with Crippen LogP contribution in [0.25, 0.3) is 0 Å². The molecule has 0 saturated carbocycles. The Morgan fingerprint density at radius 2 is 2.50 bits per heavy atom. The van der Waals surface area contributed by atoms with Crippen LogP contribution in [0, 0.1) is 0 Å². The molecule has 0 aromatic rings. The second kappa shape index (κ2) is 4.42. The number of amides is 1. The lowest BCUT2D eigenvalue weighted by Gasteiger charge is -2.28. The molecule has 1 rings (SSSR count). The average Bonchev–Trinajstić information content (AvgIpc) is 2.05. The van der Waals surface area contributed by atoms with Gasteiger partial charge in [0, 0.05) is 19.6 Å². The number of hydrogen-bond donors (Lipinski definition) is 1. The monoisotopic (exact) mass is 172 g/mol. The standard InChI is InChI=1S/C8H16N2O2/c1-3-9-8(11)7-6-10(2)4-5-12-7/h7H,3-6H2,1-2H3,(H,9,11). The normalized spacial score (nSPS) is 25.3. The summed E-state index contributed by atoms with van der Waals surface area (Å²) < 4.78 is 5.31. The van der Waals surface area contributed by atoms with E-state index in [1.54, 1.807) is 0 Å². The molecule has 1 saturated heterocycles. The maximum Gasteiger partial charge on any atom is 0.250 e. The molecule has 1 amide bonds. The van der Waals surface area contributed by atoms with E-state index < -0.39 is 0 Å². The van der Waals surface area contributed by atoms with Crippen molar-refractivity contribution in [3.05, 3.63) is 0 Å². The third kappa shape index (κ3) is 2.46. The number of carbonyl (C=O) groups is 1. The number of rotatable bonds is 2. The van der Waals surface area contributed by atoms with Crippen molar-refractivity contribution in [2.24, 2.45) is 0 Å². The smallest absolute Gasteiger partial charge is 0.250 e. The summed E-state index contributed by atoms with van der Waals surface area (Å²) in [6.07, 6.45) is -0.274. The quantitative estimate of drug-likeness (QED) is 0.608. The van der Waals surface area contributed by atoms with Crippen LogP contribution >= 0.6 is 0 Å².